The molecule has 3 heterocycles. The molecule has 3 aromatic rings. The van der Waals surface area contributed by atoms with E-state index in [0.29, 0.717) is 29.7 Å². The number of anilines is 1. The van der Waals surface area contributed by atoms with Crippen molar-refractivity contribution in [2.24, 2.45) is 5.92 Å². The first-order valence-corrected chi connectivity index (χ1v) is 8.43. The minimum atomic E-state index is -0.369. The second-order valence-electron chi connectivity index (χ2n) is 6.22. The molecule has 2 unspecified atom stereocenters. The Bertz CT molecular complexity index is 837. The normalized spacial score (nSPS) is 13.5. The molecule has 3 rings (SSSR count). The number of carbonyl (C=O) groups is 1. The van der Waals surface area contributed by atoms with Crippen LogP contribution in [0.25, 0.3) is 11.5 Å². The lowest BCUT2D eigenvalue weighted by atomic mass is 10.0. The average molecular weight is 358 g/mol. The Kier molecular flexibility index (Phi) is 5.52. The lowest BCUT2D eigenvalue weighted by molar-refractivity contribution is 0.101. The molecule has 1 amide bonds. The molecule has 138 valence electrons. The molecule has 0 fully saturated rings. The molecule has 0 saturated carbocycles. The van der Waals surface area contributed by atoms with Crippen LogP contribution in [-0.2, 0) is 4.74 Å². The SMILES string of the molecule is COCCC(C)C(C)n1cc(NC(=O)c2cc(-c3ccco3)on2)cn1. The third-order valence-corrected chi connectivity index (χ3v) is 4.38. The van der Waals surface area contributed by atoms with E-state index in [4.69, 9.17) is 13.7 Å². The highest BCUT2D eigenvalue weighted by molar-refractivity contribution is 6.03. The zero-order chi connectivity index (χ0) is 18.5. The lowest BCUT2D eigenvalue weighted by Crippen LogP contribution is -2.16. The summed E-state index contributed by atoms with van der Waals surface area (Å²) in [7, 11) is 1.69. The smallest absolute Gasteiger partial charge is 0.277 e. The van der Waals surface area contributed by atoms with Gasteiger partial charge in [0.1, 0.15) is 0 Å². The zero-order valence-corrected chi connectivity index (χ0v) is 15.0. The van der Waals surface area contributed by atoms with Gasteiger partial charge in [-0.2, -0.15) is 5.10 Å². The van der Waals surface area contributed by atoms with Crippen molar-refractivity contribution in [1.82, 2.24) is 14.9 Å². The summed E-state index contributed by atoms with van der Waals surface area (Å²) < 4.78 is 17.3. The summed E-state index contributed by atoms with van der Waals surface area (Å²) in [6.07, 6.45) is 5.89. The fraction of sp³-hybridized carbons (Fsp3) is 0.389. The number of aromatic nitrogens is 3. The van der Waals surface area contributed by atoms with Crippen LogP contribution >= 0.6 is 0 Å². The van der Waals surface area contributed by atoms with Crippen LogP contribution in [0.5, 0.6) is 0 Å². The highest BCUT2D eigenvalue weighted by atomic mass is 16.5. The molecule has 8 heteroatoms. The van der Waals surface area contributed by atoms with Gasteiger partial charge in [0.25, 0.3) is 5.91 Å². The van der Waals surface area contributed by atoms with Crippen molar-refractivity contribution >= 4 is 11.6 Å². The average Bonchev–Trinajstić information content (AvgIpc) is 3.39. The van der Waals surface area contributed by atoms with Gasteiger partial charge in [0, 0.05) is 26.0 Å². The third kappa shape index (κ3) is 4.02. The van der Waals surface area contributed by atoms with Crippen molar-refractivity contribution < 1.29 is 18.5 Å². The van der Waals surface area contributed by atoms with E-state index in [2.05, 4.69) is 29.4 Å². The Balaban J connectivity index is 1.63. The van der Waals surface area contributed by atoms with E-state index in [-0.39, 0.29) is 17.6 Å². The van der Waals surface area contributed by atoms with Crippen LogP contribution in [0, 0.1) is 5.92 Å². The van der Waals surface area contributed by atoms with E-state index < -0.39 is 0 Å². The molecule has 0 radical (unpaired) electrons. The number of carbonyl (C=O) groups excluding carboxylic acids is 1. The predicted octanol–water partition coefficient (Wildman–Crippen LogP) is 3.62. The van der Waals surface area contributed by atoms with E-state index >= 15 is 0 Å². The van der Waals surface area contributed by atoms with Crippen molar-refractivity contribution in [3.63, 3.8) is 0 Å². The van der Waals surface area contributed by atoms with Crippen molar-refractivity contribution in [3.05, 3.63) is 42.5 Å². The summed E-state index contributed by atoms with van der Waals surface area (Å²) in [6.45, 7) is 4.95. The minimum absolute atomic E-state index is 0.172. The first kappa shape index (κ1) is 17.9. The van der Waals surface area contributed by atoms with Crippen LogP contribution in [0.15, 0.2) is 45.8 Å². The number of hydrogen-bond donors (Lipinski definition) is 1. The number of hydrogen-bond acceptors (Lipinski definition) is 6. The van der Waals surface area contributed by atoms with E-state index in [0.717, 1.165) is 6.42 Å². The first-order chi connectivity index (χ1) is 12.6. The van der Waals surface area contributed by atoms with Gasteiger partial charge in [-0.3, -0.25) is 9.48 Å². The van der Waals surface area contributed by atoms with Gasteiger partial charge in [0.2, 0.25) is 5.76 Å². The molecular formula is C18H22N4O4. The number of rotatable bonds is 8. The van der Waals surface area contributed by atoms with Crippen LogP contribution in [0.1, 0.15) is 36.8 Å². The van der Waals surface area contributed by atoms with Gasteiger partial charge in [-0.25, -0.2) is 0 Å². The predicted molar refractivity (Wildman–Crippen MR) is 94.8 cm³/mol. The lowest BCUT2D eigenvalue weighted by Gasteiger charge is -2.19. The molecule has 0 bridgehead atoms. The van der Waals surface area contributed by atoms with Gasteiger partial charge in [0.15, 0.2) is 11.5 Å². The van der Waals surface area contributed by atoms with Crippen LogP contribution < -0.4 is 5.32 Å². The minimum Gasteiger partial charge on any atom is -0.461 e. The molecular weight excluding hydrogens is 336 g/mol. The van der Waals surface area contributed by atoms with Gasteiger partial charge in [-0.15, -0.1) is 0 Å². The van der Waals surface area contributed by atoms with Crippen LogP contribution in [0.4, 0.5) is 5.69 Å². The van der Waals surface area contributed by atoms with Gasteiger partial charge >= 0.3 is 0 Å². The van der Waals surface area contributed by atoms with Crippen LogP contribution in [-0.4, -0.2) is 34.6 Å². The molecule has 0 saturated heterocycles. The molecule has 26 heavy (non-hydrogen) atoms. The van der Waals surface area contributed by atoms with E-state index in [1.165, 1.54) is 12.3 Å². The number of ether oxygens (including phenoxy) is 1. The Hall–Kier alpha value is -2.87. The standard InChI is InChI=1S/C18H22N4O4/c1-12(6-8-24-3)13(2)22-11-14(10-19-22)20-18(23)15-9-17(26-21-15)16-5-4-7-25-16/h4-5,7,9-13H,6,8H2,1-3H3,(H,20,23). The highest BCUT2D eigenvalue weighted by Crippen LogP contribution is 2.23. The number of nitrogens with one attached hydrogen (secondary N) is 1. The van der Waals surface area contributed by atoms with E-state index in [9.17, 15) is 4.79 Å². The molecule has 0 aromatic carbocycles. The maximum atomic E-state index is 12.3. The van der Waals surface area contributed by atoms with Crippen molar-refractivity contribution in [2.45, 2.75) is 26.3 Å². The van der Waals surface area contributed by atoms with Gasteiger partial charge in [0.05, 0.1) is 24.2 Å². The largest absolute Gasteiger partial charge is 0.461 e. The quantitative estimate of drug-likeness (QED) is 0.661. The molecule has 2 atom stereocenters. The maximum absolute atomic E-state index is 12.3. The van der Waals surface area contributed by atoms with Gasteiger partial charge in [-0.05, 0) is 31.4 Å². The first-order valence-electron chi connectivity index (χ1n) is 8.43. The summed E-state index contributed by atoms with van der Waals surface area (Å²) in [4.78, 5) is 12.3. The summed E-state index contributed by atoms with van der Waals surface area (Å²) in [5.41, 5.74) is 0.772. The van der Waals surface area contributed by atoms with Gasteiger partial charge < -0.3 is 19.0 Å². The fourth-order valence-corrected chi connectivity index (χ4v) is 2.54. The Morgan fingerprint density at radius 1 is 1.38 bits per heavy atom. The van der Waals surface area contributed by atoms with Crippen molar-refractivity contribution in [3.8, 4) is 11.5 Å². The molecule has 8 nitrogen and oxygen atoms in total. The van der Waals surface area contributed by atoms with Crippen molar-refractivity contribution in [2.75, 3.05) is 19.0 Å². The summed E-state index contributed by atoms with van der Waals surface area (Å²) in [5.74, 6) is 0.940. The highest BCUT2D eigenvalue weighted by Gasteiger charge is 2.18. The molecule has 0 aliphatic rings. The third-order valence-electron chi connectivity index (χ3n) is 4.38. The van der Waals surface area contributed by atoms with Crippen LogP contribution in [0.3, 0.4) is 0 Å². The fourth-order valence-electron chi connectivity index (χ4n) is 2.54. The van der Waals surface area contributed by atoms with E-state index in [1.54, 1.807) is 31.6 Å². The summed E-state index contributed by atoms with van der Waals surface area (Å²) in [6, 6.07) is 5.20. The van der Waals surface area contributed by atoms with Gasteiger partial charge in [-0.1, -0.05) is 12.1 Å². The molecule has 0 aliphatic heterocycles. The molecule has 0 spiro atoms. The molecule has 1 N–H and O–H groups in total. The second kappa shape index (κ2) is 8.01. The van der Waals surface area contributed by atoms with E-state index in [1.807, 2.05) is 4.68 Å². The second-order valence-corrected chi connectivity index (χ2v) is 6.22. The Labute approximate surface area is 151 Å². The number of amides is 1. The maximum Gasteiger partial charge on any atom is 0.277 e. The zero-order valence-electron chi connectivity index (χ0n) is 15.0. The Morgan fingerprint density at radius 2 is 2.23 bits per heavy atom. The number of methoxy groups -OCH3 is 1. The summed E-state index contributed by atoms with van der Waals surface area (Å²) >= 11 is 0. The number of furan rings is 1. The monoisotopic (exact) mass is 358 g/mol. The topological polar surface area (TPSA) is 95.3 Å². The molecule has 0 aliphatic carbocycles. The number of nitrogens with zero attached hydrogens (tertiary/aromatic N) is 3. The summed E-state index contributed by atoms with van der Waals surface area (Å²) in [5, 5.41) is 10.9. The molecule has 3 aromatic heterocycles. The van der Waals surface area contributed by atoms with Crippen LogP contribution in [0.2, 0.25) is 0 Å². The Morgan fingerprint density at radius 3 is 2.96 bits per heavy atom. The van der Waals surface area contributed by atoms with Crippen molar-refractivity contribution in [1.29, 1.82) is 0 Å².